The van der Waals surface area contributed by atoms with Crippen LogP contribution in [0, 0.1) is 5.92 Å². The predicted octanol–water partition coefficient (Wildman–Crippen LogP) is 0.908. The number of carboxylic acids is 1. The van der Waals surface area contributed by atoms with Gasteiger partial charge in [-0.25, -0.2) is 4.79 Å². The van der Waals surface area contributed by atoms with Crippen molar-refractivity contribution in [3.8, 4) is 0 Å². The van der Waals surface area contributed by atoms with E-state index in [9.17, 15) is 4.79 Å². The molecule has 0 heterocycles. The Morgan fingerprint density at radius 3 is 2.40 bits per heavy atom. The highest BCUT2D eigenvalue weighted by Gasteiger charge is 2.20. The van der Waals surface area contributed by atoms with Crippen LogP contribution < -0.4 is 0 Å². The van der Waals surface area contributed by atoms with Gasteiger partial charge in [-0.05, 0) is 0 Å². The van der Waals surface area contributed by atoms with Gasteiger partial charge in [0.15, 0.2) is 6.10 Å². The van der Waals surface area contributed by atoms with Crippen LogP contribution in [0.15, 0.2) is 12.7 Å². The minimum absolute atomic E-state index is 0.150. The van der Waals surface area contributed by atoms with Gasteiger partial charge in [0.05, 0.1) is 0 Å². The van der Waals surface area contributed by atoms with E-state index in [4.69, 9.17) is 9.84 Å². The molecule has 3 heteroatoms. The summed E-state index contributed by atoms with van der Waals surface area (Å²) in [5.41, 5.74) is 0. The number of ether oxygens (including phenoxy) is 1. The summed E-state index contributed by atoms with van der Waals surface area (Å²) in [5.74, 6) is -1.10. The van der Waals surface area contributed by atoms with Crippen molar-refractivity contribution in [2.45, 2.75) is 13.0 Å². The number of carboxylic acid groups (broad SMARTS) is 1. The Morgan fingerprint density at radius 1 is 1.80 bits per heavy atom. The highest BCUT2D eigenvalue weighted by Crippen LogP contribution is 2.06. The lowest BCUT2D eigenvalue weighted by Gasteiger charge is -2.13. The van der Waals surface area contributed by atoms with Crippen molar-refractivity contribution in [2.75, 3.05) is 7.11 Å². The second-order valence-electron chi connectivity index (χ2n) is 2.09. The molecule has 0 saturated carbocycles. The van der Waals surface area contributed by atoms with Gasteiger partial charge in [0.1, 0.15) is 0 Å². The fourth-order valence-corrected chi connectivity index (χ4v) is 0.664. The van der Waals surface area contributed by atoms with E-state index in [1.165, 1.54) is 7.11 Å². The lowest BCUT2D eigenvalue weighted by atomic mass is 10.1. The third-order valence-corrected chi connectivity index (χ3v) is 1.35. The molecule has 0 aromatic heterocycles. The van der Waals surface area contributed by atoms with Gasteiger partial charge < -0.3 is 9.84 Å². The van der Waals surface area contributed by atoms with E-state index >= 15 is 0 Å². The Balaban J connectivity index is 4.05. The number of carbonyl (C=O) groups is 1. The zero-order valence-electron chi connectivity index (χ0n) is 6.20. The first-order valence-corrected chi connectivity index (χ1v) is 3.01. The van der Waals surface area contributed by atoms with Gasteiger partial charge in [0.25, 0.3) is 0 Å². The van der Waals surface area contributed by atoms with Gasteiger partial charge in [-0.2, -0.15) is 0 Å². The van der Waals surface area contributed by atoms with Crippen LogP contribution in [-0.4, -0.2) is 24.3 Å². The standard InChI is InChI=1S/C7H12O3/c1-4-5(2)6(10-3)7(8)9/h4-6H,1H2,2-3H3,(H,8,9)/t5-,6-/m0/s1. The van der Waals surface area contributed by atoms with Gasteiger partial charge in [0.2, 0.25) is 0 Å². The molecule has 0 spiro atoms. The van der Waals surface area contributed by atoms with E-state index in [0.29, 0.717) is 0 Å². The highest BCUT2D eigenvalue weighted by molar-refractivity contribution is 5.72. The summed E-state index contributed by atoms with van der Waals surface area (Å²) in [6.07, 6.45) is 0.792. The quantitative estimate of drug-likeness (QED) is 0.596. The van der Waals surface area contributed by atoms with Gasteiger partial charge in [-0.3, -0.25) is 0 Å². The fraction of sp³-hybridized carbons (Fsp3) is 0.571. The molecule has 0 bridgehead atoms. The minimum atomic E-state index is -0.949. The molecule has 2 atom stereocenters. The number of methoxy groups -OCH3 is 1. The smallest absolute Gasteiger partial charge is 0.333 e. The van der Waals surface area contributed by atoms with Crippen molar-refractivity contribution in [3.63, 3.8) is 0 Å². The van der Waals surface area contributed by atoms with E-state index in [-0.39, 0.29) is 5.92 Å². The molecule has 0 aliphatic rings. The number of hydrogen-bond acceptors (Lipinski definition) is 2. The van der Waals surface area contributed by atoms with Crippen molar-refractivity contribution in [1.82, 2.24) is 0 Å². The van der Waals surface area contributed by atoms with Crippen LogP contribution >= 0.6 is 0 Å². The average molecular weight is 144 g/mol. The van der Waals surface area contributed by atoms with Crippen LogP contribution in [0.4, 0.5) is 0 Å². The van der Waals surface area contributed by atoms with E-state index in [2.05, 4.69) is 6.58 Å². The zero-order valence-corrected chi connectivity index (χ0v) is 6.20. The lowest BCUT2D eigenvalue weighted by molar-refractivity contribution is -0.150. The Morgan fingerprint density at radius 2 is 2.30 bits per heavy atom. The molecule has 0 unspecified atom stereocenters. The molecular formula is C7H12O3. The molecule has 1 N–H and O–H groups in total. The SMILES string of the molecule is C=C[C@H](C)[C@H](OC)C(=O)O. The molecule has 0 aromatic carbocycles. The second-order valence-corrected chi connectivity index (χ2v) is 2.09. The first kappa shape index (κ1) is 9.17. The molecule has 10 heavy (non-hydrogen) atoms. The van der Waals surface area contributed by atoms with Crippen molar-refractivity contribution in [3.05, 3.63) is 12.7 Å². The monoisotopic (exact) mass is 144 g/mol. The summed E-state index contributed by atoms with van der Waals surface area (Å²) in [7, 11) is 1.37. The van der Waals surface area contributed by atoms with Crippen molar-refractivity contribution in [2.24, 2.45) is 5.92 Å². The second kappa shape index (κ2) is 4.06. The Bertz CT molecular complexity index is 131. The lowest BCUT2D eigenvalue weighted by Crippen LogP contribution is -2.28. The van der Waals surface area contributed by atoms with Crippen LogP contribution in [0.5, 0.6) is 0 Å². The molecule has 0 amide bonds. The number of hydrogen-bond donors (Lipinski definition) is 1. The fourth-order valence-electron chi connectivity index (χ4n) is 0.664. The zero-order chi connectivity index (χ0) is 8.15. The van der Waals surface area contributed by atoms with Gasteiger partial charge in [0, 0.05) is 13.0 Å². The maximum atomic E-state index is 10.4. The molecular weight excluding hydrogens is 132 g/mol. The number of rotatable bonds is 4. The summed E-state index contributed by atoms with van der Waals surface area (Å²) in [6, 6.07) is 0. The minimum Gasteiger partial charge on any atom is -0.479 e. The van der Waals surface area contributed by atoms with Crippen LogP contribution in [-0.2, 0) is 9.53 Å². The molecule has 0 aliphatic heterocycles. The Hall–Kier alpha value is -0.830. The third kappa shape index (κ3) is 2.19. The van der Waals surface area contributed by atoms with Crippen molar-refractivity contribution >= 4 is 5.97 Å². The Kier molecular flexibility index (Phi) is 3.72. The van der Waals surface area contributed by atoms with Crippen molar-refractivity contribution in [1.29, 1.82) is 0 Å². The third-order valence-electron chi connectivity index (χ3n) is 1.35. The maximum absolute atomic E-state index is 10.4. The van der Waals surface area contributed by atoms with E-state index < -0.39 is 12.1 Å². The normalized spacial score (nSPS) is 15.8. The largest absolute Gasteiger partial charge is 0.479 e. The summed E-state index contributed by atoms with van der Waals surface area (Å²) in [6.45, 7) is 5.21. The van der Waals surface area contributed by atoms with Gasteiger partial charge in [-0.15, -0.1) is 6.58 Å². The summed E-state index contributed by atoms with van der Waals surface area (Å²) in [4.78, 5) is 10.4. The summed E-state index contributed by atoms with van der Waals surface area (Å²) in [5, 5.41) is 8.50. The van der Waals surface area contributed by atoms with E-state index in [1.807, 2.05) is 0 Å². The molecule has 0 aromatic rings. The molecule has 0 rings (SSSR count). The molecule has 0 radical (unpaired) electrons. The molecule has 0 aliphatic carbocycles. The number of aliphatic carboxylic acids is 1. The molecule has 3 nitrogen and oxygen atoms in total. The summed E-state index contributed by atoms with van der Waals surface area (Å²) >= 11 is 0. The van der Waals surface area contributed by atoms with Gasteiger partial charge >= 0.3 is 5.97 Å². The average Bonchev–Trinajstić information content (AvgIpc) is 1.88. The van der Waals surface area contributed by atoms with E-state index in [0.717, 1.165) is 0 Å². The molecule has 58 valence electrons. The van der Waals surface area contributed by atoms with Crippen LogP contribution in [0.25, 0.3) is 0 Å². The maximum Gasteiger partial charge on any atom is 0.333 e. The van der Waals surface area contributed by atoms with E-state index in [1.54, 1.807) is 13.0 Å². The van der Waals surface area contributed by atoms with Crippen LogP contribution in [0.3, 0.4) is 0 Å². The first-order valence-electron chi connectivity index (χ1n) is 3.01. The summed E-state index contributed by atoms with van der Waals surface area (Å²) < 4.78 is 4.69. The topological polar surface area (TPSA) is 46.5 Å². The van der Waals surface area contributed by atoms with Crippen LogP contribution in [0.1, 0.15) is 6.92 Å². The Labute approximate surface area is 60.3 Å². The molecule has 0 saturated heterocycles. The van der Waals surface area contributed by atoms with Crippen molar-refractivity contribution < 1.29 is 14.6 Å². The highest BCUT2D eigenvalue weighted by atomic mass is 16.5. The molecule has 0 fully saturated rings. The van der Waals surface area contributed by atoms with Gasteiger partial charge in [-0.1, -0.05) is 13.0 Å². The van der Waals surface area contributed by atoms with Crippen LogP contribution in [0.2, 0.25) is 0 Å². The predicted molar refractivity (Wildman–Crippen MR) is 37.8 cm³/mol. The first-order chi connectivity index (χ1) is 4.63.